The lowest BCUT2D eigenvalue weighted by molar-refractivity contribution is -0.0560. The van der Waals surface area contributed by atoms with Crippen molar-refractivity contribution in [3.63, 3.8) is 0 Å². The van der Waals surface area contributed by atoms with Crippen molar-refractivity contribution in [2.45, 2.75) is 110 Å². The fraction of sp³-hybridized carbons (Fsp3) is 0.947. The minimum atomic E-state index is -1.92. The number of hydrogen-bond donors (Lipinski definition) is 0. The van der Waals surface area contributed by atoms with Crippen LogP contribution in [0.1, 0.15) is 6.92 Å². The maximum Gasteiger partial charge on any atom is 0.184 e. The van der Waals surface area contributed by atoms with E-state index in [4.69, 9.17) is 22.5 Å². The molecule has 0 heterocycles. The third-order valence-corrected chi connectivity index (χ3v) is 7.45. The minimum absolute atomic E-state index is 0.113. The first-order valence-electron chi connectivity index (χ1n) is 10.5. The summed E-state index contributed by atoms with van der Waals surface area (Å²) in [5.41, 5.74) is 0. The van der Waals surface area contributed by atoms with Crippen molar-refractivity contribution in [3.05, 3.63) is 0 Å². The van der Waals surface area contributed by atoms with E-state index in [2.05, 4.69) is 90.6 Å². The molecule has 0 spiro atoms. The number of rotatable bonds is 13. The van der Waals surface area contributed by atoms with Crippen LogP contribution in [0.5, 0.6) is 0 Å². The van der Waals surface area contributed by atoms with Gasteiger partial charge < -0.3 is 22.5 Å². The molecule has 174 valence electrons. The molecule has 0 N–H and O–H groups in total. The van der Waals surface area contributed by atoms with E-state index in [9.17, 15) is 0 Å². The number of nitrogens with zero attached hydrogens (tertiary/aromatic N) is 1. The molecule has 0 radical (unpaired) electrons. The molecule has 0 fully saturated rings. The van der Waals surface area contributed by atoms with E-state index in [1.54, 1.807) is 13.3 Å². The first kappa shape index (κ1) is 29.2. The average Bonchev–Trinajstić information content (AvgIpc) is 2.42. The Kier molecular flexibility index (Phi) is 11.2. The van der Waals surface area contributed by atoms with Crippen LogP contribution in [-0.4, -0.2) is 71.0 Å². The molecule has 0 bridgehead atoms. The molecule has 29 heavy (non-hydrogen) atoms. The summed E-state index contributed by atoms with van der Waals surface area (Å²) in [6, 6.07) is 0. The summed E-state index contributed by atoms with van der Waals surface area (Å²) >= 11 is 0. The van der Waals surface area contributed by atoms with Crippen molar-refractivity contribution in [3.8, 4) is 0 Å². The van der Waals surface area contributed by atoms with E-state index in [0.29, 0.717) is 0 Å². The number of oxime groups is 1. The fourth-order valence-corrected chi connectivity index (χ4v) is 7.39. The Labute approximate surface area is 184 Å². The predicted octanol–water partition coefficient (Wildman–Crippen LogP) is 5.52. The van der Waals surface area contributed by atoms with Gasteiger partial charge in [0.25, 0.3) is 0 Å². The first-order chi connectivity index (χ1) is 12.7. The highest BCUT2D eigenvalue weighted by Gasteiger charge is 2.42. The van der Waals surface area contributed by atoms with Crippen LogP contribution < -0.4 is 0 Å². The standard InChI is InChI=1S/C19H47NO5Si4/c1-16(22-26(3,4)5)18(24-28(9,10)11)19(25-29(12,13)14)17(15-20-21-2)23-27(6,7)8/h15-19H,1-14H3/b20-15+/t16-,17+,18+,19-/m1/s1. The van der Waals surface area contributed by atoms with E-state index in [1.165, 1.54) is 0 Å². The lowest BCUT2D eigenvalue weighted by atomic mass is 10.1. The Morgan fingerprint density at radius 1 is 0.586 bits per heavy atom. The van der Waals surface area contributed by atoms with Crippen LogP contribution in [0, 0.1) is 0 Å². The van der Waals surface area contributed by atoms with Crippen LogP contribution in [0.2, 0.25) is 78.6 Å². The van der Waals surface area contributed by atoms with Gasteiger partial charge in [-0.1, -0.05) is 5.16 Å². The Morgan fingerprint density at radius 3 is 1.31 bits per heavy atom. The van der Waals surface area contributed by atoms with E-state index in [1.807, 2.05) is 0 Å². The lowest BCUT2D eigenvalue weighted by Gasteiger charge is -2.43. The second-order valence-electron chi connectivity index (χ2n) is 11.5. The average molecular weight is 482 g/mol. The highest BCUT2D eigenvalue weighted by Crippen LogP contribution is 2.27. The van der Waals surface area contributed by atoms with Gasteiger partial charge in [-0.05, 0) is 85.5 Å². The molecule has 0 saturated heterocycles. The van der Waals surface area contributed by atoms with E-state index < -0.39 is 33.3 Å². The Balaban J connectivity index is 6.26. The second kappa shape index (κ2) is 11.2. The molecular weight excluding hydrogens is 435 g/mol. The van der Waals surface area contributed by atoms with Crippen molar-refractivity contribution < 1.29 is 22.5 Å². The van der Waals surface area contributed by atoms with Gasteiger partial charge in [0, 0.05) is 0 Å². The first-order valence-corrected chi connectivity index (χ1v) is 24.2. The largest absolute Gasteiger partial charge is 0.412 e. The number of hydrogen-bond acceptors (Lipinski definition) is 6. The summed E-state index contributed by atoms with van der Waals surface area (Å²) in [5.74, 6) is 0. The molecule has 0 unspecified atom stereocenters. The van der Waals surface area contributed by atoms with E-state index >= 15 is 0 Å². The third-order valence-electron chi connectivity index (χ3n) is 3.43. The molecule has 0 saturated carbocycles. The van der Waals surface area contributed by atoms with Crippen LogP contribution >= 0.6 is 0 Å². The molecule has 4 atom stereocenters. The molecule has 0 amide bonds. The molecule has 10 heteroatoms. The van der Waals surface area contributed by atoms with Crippen LogP contribution in [0.25, 0.3) is 0 Å². The molecule has 0 aliphatic rings. The van der Waals surface area contributed by atoms with Gasteiger partial charge in [0.2, 0.25) is 0 Å². The van der Waals surface area contributed by atoms with Crippen LogP contribution in [0.15, 0.2) is 5.16 Å². The maximum atomic E-state index is 6.71. The molecule has 0 aliphatic heterocycles. The molecule has 6 nitrogen and oxygen atoms in total. The van der Waals surface area contributed by atoms with Crippen LogP contribution in [0.4, 0.5) is 0 Å². The summed E-state index contributed by atoms with van der Waals surface area (Å²) in [6.45, 7) is 28.4. The lowest BCUT2D eigenvalue weighted by Crippen LogP contribution is -2.58. The van der Waals surface area contributed by atoms with E-state index in [-0.39, 0.29) is 24.4 Å². The van der Waals surface area contributed by atoms with Gasteiger partial charge in [-0.25, -0.2) is 0 Å². The Bertz CT molecular complexity index is 507. The Hall–Kier alpha value is 0.178. The van der Waals surface area contributed by atoms with Crippen molar-refractivity contribution in [2.24, 2.45) is 5.16 Å². The summed E-state index contributed by atoms with van der Waals surface area (Å²) in [4.78, 5) is 4.99. The maximum absolute atomic E-state index is 6.71. The van der Waals surface area contributed by atoms with Gasteiger partial charge in [-0.15, -0.1) is 0 Å². The van der Waals surface area contributed by atoms with Crippen molar-refractivity contribution in [1.29, 1.82) is 0 Å². The molecule has 0 aliphatic carbocycles. The molecule has 0 aromatic carbocycles. The van der Waals surface area contributed by atoms with Crippen LogP contribution in [-0.2, 0) is 22.5 Å². The normalized spacial score (nSPS) is 18.6. The van der Waals surface area contributed by atoms with Gasteiger partial charge in [-0.2, -0.15) is 0 Å². The monoisotopic (exact) mass is 481 g/mol. The summed E-state index contributed by atoms with van der Waals surface area (Å²) in [5, 5.41) is 4.05. The van der Waals surface area contributed by atoms with Gasteiger partial charge in [0.15, 0.2) is 33.3 Å². The van der Waals surface area contributed by atoms with Gasteiger partial charge in [-0.3, -0.25) is 0 Å². The van der Waals surface area contributed by atoms with Crippen molar-refractivity contribution in [2.75, 3.05) is 7.11 Å². The van der Waals surface area contributed by atoms with Gasteiger partial charge in [0.1, 0.15) is 19.3 Å². The minimum Gasteiger partial charge on any atom is -0.412 e. The van der Waals surface area contributed by atoms with Gasteiger partial charge >= 0.3 is 0 Å². The summed E-state index contributed by atoms with van der Waals surface area (Å²) in [7, 11) is -5.90. The zero-order valence-electron chi connectivity index (χ0n) is 21.4. The molecule has 0 rings (SSSR count). The fourth-order valence-electron chi connectivity index (χ4n) is 2.90. The highest BCUT2D eigenvalue weighted by molar-refractivity contribution is 6.71. The topological polar surface area (TPSA) is 58.5 Å². The third kappa shape index (κ3) is 14.8. The van der Waals surface area contributed by atoms with Crippen molar-refractivity contribution >= 4 is 39.5 Å². The highest BCUT2D eigenvalue weighted by atomic mass is 28.4. The van der Waals surface area contributed by atoms with E-state index in [0.717, 1.165) is 0 Å². The second-order valence-corrected chi connectivity index (χ2v) is 29.3. The summed E-state index contributed by atoms with van der Waals surface area (Å²) in [6.07, 6.45) is 0.696. The Morgan fingerprint density at radius 2 is 0.966 bits per heavy atom. The zero-order chi connectivity index (χ0) is 23.3. The predicted molar refractivity (Wildman–Crippen MR) is 134 cm³/mol. The molecular formula is C19H47NO5Si4. The molecule has 0 aromatic heterocycles. The zero-order valence-corrected chi connectivity index (χ0v) is 25.4. The summed E-state index contributed by atoms with van der Waals surface area (Å²) < 4.78 is 26.4. The molecule has 0 aromatic rings. The quantitative estimate of drug-likeness (QED) is 0.197. The smallest absolute Gasteiger partial charge is 0.184 e. The van der Waals surface area contributed by atoms with Gasteiger partial charge in [0.05, 0.1) is 18.4 Å². The SMILES string of the molecule is CO/N=C/[C@H](O[Si](C)(C)C)[C@@H](O[Si](C)(C)C)[C@@H](O[Si](C)(C)C)[C@@H](C)O[Si](C)(C)C. The van der Waals surface area contributed by atoms with Crippen molar-refractivity contribution in [1.82, 2.24) is 0 Å². The van der Waals surface area contributed by atoms with Crippen LogP contribution in [0.3, 0.4) is 0 Å².